The molecule has 0 unspecified atom stereocenters. The highest BCUT2D eigenvalue weighted by atomic mass is 79.9. The van der Waals surface area contributed by atoms with Gasteiger partial charge in [-0.25, -0.2) is 19.7 Å². The molecule has 0 amide bonds. The lowest BCUT2D eigenvalue weighted by atomic mass is 10.1. The third-order valence-corrected chi connectivity index (χ3v) is 8.05. The van der Waals surface area contributed by atoms with Crippen molar-refractivity contribution in [2.24, 2.45) is 7.05 Å². The molecule has 5 rings (SSSR count). The summed E-state index contributed by atoms with van der Waals surface area (Å²) in [5.74, 6) is 1.54. The summed E-state index contributed by atoms with van der Waals surface area (Å²) in [5, 5.41) is 1.04. The smallest absolute Gasteiger partial charge is 0.338 e. The van der Waals surface area contributed by atoms with E-state index in [1.165, 1.54) is 7.11 Å². The maximum atomic E-state index is 12.3. The van der Waals surface area contributed by atoms with Crippen LogP contribution in [-0.2, 0) is 18.3 Å². The van der Waals surface area contributed by atoms with Gasteiger partial charge in [0.15, 0.2) is 5.82 Å². The van der Waals surface area contributed by atoms with E-state index in [1.807, 2.05) is 29.8 Å². The number of hydrogen-bond acceptors (Lipinski definition) is 7. The van der Waals surface area contributed by atoms with Gasteiger partial charge in [0.25, 0.3) is 0 Å². The number of esters is 1. The fourth-order valence-corrected chi connectivity index (χ4v) is 5.66. The first-order valence-electron chi connectivity index (χ1n) is 13.4. The van der Waals surface area contributed by atoms with Crippen molar-refractivity contribution in [2.45, 2.75) is 38.6 Å². The highest BCUT2D eigenvalue weighted by Gasteiger charge is 2.21. The van der Waals surface area contributed by atoms with Crippen molar-refractivity contribution < 1.29 is 19.0 Å². The zero-order valence-corrected chi connectivity index (χ0v) is 26.4. The SMILES string of the molecule is COC(=O)c1cc(OC)c2c(c1)nc(-c1cc3ccc(Br)nc3n1CCCCCCCOc1ncccc1Br)n2C. The van der Waals surface area contributed by atoms with Crippen LogP contribution in [-0.4, -0.2) is 50.9 Å². The molecule has 1 aromatic carbocycles. The van der Waals surface area contributed by atoms with Gasteiger partial charge in [0.2, 0.25) is 5.88 Å². The van der Waals surface area contributed by atoms with E-state index in [-0.39, 0.29) is 0 Å². The van der Waals surface area contributed by atoms with E-state index in [2.05, 4.69) is 53.5 Å². The minimum Gasteiger partial charge on any atom is -0.494 e. The molecule has 5 aromatic rings. The lowest BCUT2D eigenvalue weighted by Gasteiger charge is -2.11. The number of rotatable bonds is 12. The van der Waals surface area contributed by atoms with E-state index in [0.29, 0.717) is 29.3 Å². The van der Waals surface area contributed by atoms with Crippen LogP contribution in [0.2, 0.25) is 0 Å². The van der Waals surface area contributed by atoms with Crippen molar-refractivity contribution in [1.82, 2.24) is 24.1 Å². The summed E-state index contributed by atoms with van der Waals surface area (Å²) in [5.41, 5.74) is 3.72. The highest BCUT2D eigenvalue weighted by molar-refractivity contribution is 9.10. The van der Waals surface area contributed by atoms with Gasteiger partial charge in [0.05, 0.1) is 42.1 Å². The van der Waals surface area contributed by atoms with E-state index in [9.17, 15) is 4.79 Å². The lowest BCUT2D eigenvalue weighted by molar-refractivity contribution is 0.0600. The Morgan fingerprint density at radius 1 is 0.976 bits per heavy atom. The zero-order valence-electron chi connectivity index (χ0n) is 23.2. The maximum absolute atomic E-state index is 12.3. The van der Waals surface area contributed by atoms with Crippen molar-refractivity contribution in [3.63, 3.8) is 0 Å². The first kappa shape index (κ1) is 29.1. The molecule has 9 nitrogen and oxygen atoms in total. The Morgan fingerprint density at radius 3 is 2.56 bits per heavy atom. The molecule has 0 aliphatic rings. The maximum Gasteiger partial charge on any atom is 0.338 e. The van der Waals surface area contributed by atoms with Gasteiger partial charge in [-0.1, -0.05) is 19.3 Å². The van der Waals surface area contributed by atoms with Crippen molar-refractivity contribution in [2.75, 3.05) is 20.8 Å². The molecule has 0 bridgehead atoms. The topological polar surface area (TPSA) is 93.3 Å². The van der Waals surface area contributed by atoms with Gasteiger partial charge in [0, 0.05) is 25.2 Å². The number of aromatic nitrogens is 5. The van der Waals surface area contributed by atoms with Crippen LogP contribution in [0.5, 0.6) is 11.6 Å². The summed E-state index contributed by atoms with van der Waals surface area (Å²) in [6.07, 6.45) is 6.98. The molecule has 0 aliphatic heterocycles. The van der Waals surface area contributed by atoms with Gasteiger partial charge < -0.3 is 23.3 Å². The number of methoxy groups -OCH3 is 2. The number of pyridine rings is 2. The number of hydrogen-bond donors (Lipinski definition) is 0. The van der Waals surface area contributed by atoms with Crippen LogP contribution in [0.1, 0.15) is 42.5 Å². The van der Waals surface area contributed by atoms with Crippen molar-refractivity contribution >= 4 is 59.9 Å². The van der Waals surface area contributed by atoms with E-state index >= 15 is 0 Å². The Kier molecular flexibility index (Phi) is 9.24. The molecule has 41 heavy (non-hydrogen) atoms. The second kappa shape index (κ2) is 13.0. The summed E-state index contributed by atoms with van der Waals surface area (Å²) in [6.45, 7) is 1.45. The van der Waals surface area contributed by atoms with Crippen molar-refractivity contribution in [1.29, 1.82) is 0 Å². The molecule has 0 saturated heterocycles. The van der Waals surface area contributed by atoms with Gasteiger partial charge in [-0.3, -0.25) is 0 Å². The molecule has 0 saturated carbocycles. The monoisotopic (exact) mass is 683 g/mol. The number of fused-ring (bicyclic) bond motifs is 2. The number of carbonyl (C=O) groups is 1. The molecule has 214 valence electrons. The molecule has 0 aliphatic carbocycles. The van der Waals surface area contributed by atoms with Gasteiger partial charge in [-0.15, -0.1) is 0 Å². The fraction of sp³-hybridized carbons (Fsp3) is 0.333. The average molecular weight is 685 g/mol. The minimum atomic E-state index is -0.434. The first-order valence-corrected chi connectivity index (χ1v) is 15.0. The van der Waals surface area contributed by atoms with Crippen LogP contribution in [0, 0.1) is 0 Å². The van der Waals surface area contributed by atoms with Crippen LogP contribution in [0.15, 0.2) is 57.7 Å². The lowest BCUT2D eigenvalue weighted by Crippen LogP contribution is -2.05. The summed E-state index contributed by atoms with van der Waals surface area (Å²) in [7, 11) is 4.91. The fourth-order valence-electron chi connectivity index (χ4n) is 5.00. The molecular weight excluding hydrogens is 654 g/mol. The van der Waals surface area contributed by atoms with E-state index < -0.39 is 5.97 Å². The number of imidazole rings is 1. The third kappa shape index (κ3) is 6.25. The molecule has 0 atom stereocenters. The Hall–Kier alpha value is -3.44. The number of ether oxygens (including phenoxy) is 3. The second-order valence-corrected chi connectivity index (χ2v) is 11.3. The Balaban J connectivity index is 1.33. The number of aryl methyl sites for hydroxylation is 2. The number of halogens is 2. The van der Waals surface area contributed by atoms with Gasteiger partial charge >= 0.3 is 5.97 Å². The largest absolute Gasteiger partial charge is 0.494 e. The molecule has 4 heterocycles. The summed E-state index contributed by atoms with van der Waals surface area (Å²) in [6, 6.07) is 13.4. The third-order valence-electron chi connectivity index (χ3n) is 7.00. The van der Waals surface area contributed by atoms with Gasteiger partial charge in [-0.05, 0) is 87.2 Å². The van der Waals surface area contributed by atoms with E-state index in [4.69, 9.17) is 24.2 Å². The predicted octanol–water partition coefficient (Wildman–Crippen LogP) is 7.33. The minimum absolute atomic E-state index is 0.394. The van der Waals surface area contributed by atoms with Crippen LogP contribution in [0.25, 0.3) is 33.6 Å². The van der Waals surface area contributed by atoms with Crippen molar-refractivity contribution in [3.8, 4) is 23.1 Å². The Bertz CT molecular complexity index is 1700. The van der Waals surface area contributed by atoms with Crippen LogP contribution in [0.3, 0.4) is 0 Å². The van der Waals surface area contributed by atoms with E-state index in [0.717, 1.165) is 75.8 Å². The number of benzene rings is 1. The van der Waals surface area contributed by atoms with Crippen molar-refractivity contribution in [3.05, 3.63) is 63.3 Å². The normalized spacial score (nSPS) is 11.3. The molecule has 0 spiro atoms. The molecular formula is C30H31Br2N5O4. The van der Waals surface area contributed by atoms with E-state index in [1.54, 1.807) is 25.4 Å². The highest BCUT2D eigenvalue weighted by Crippen LogP contribution is 2.34. The molecule has 4 aromatic heterocycles. The Morgan fingerprint density at radius 2 is 1.78 bits per heavy atom. The Labute approximate surface area is 255 Å². The number of nitrogens with zero attached hydrogens (tertiary/aromatic N) is 5. The summed E-state index contributed by atoms with van der Waals surface area (Å²) >= 11 is 7.00. The standard InChI is InChI=1S/C30H31Br2N5O4/c1-36-26-22(16-20(30(38)40-3)18-24(26)39-2)34-28(36)23-17-19-11-12-25(32)35-27(19)37(23)14-7-5-4-6-8-15-41-29-21(31)10-9-13-33-29/h9-13,16-18H,4-8,14-15H2,1-3H3. The van der Waals surface area contributed by atoms with Crippen LogP contribution in [0.4, 0.5) is 0 Å². The number of carbonyl (C=O) groups excluding carboxylic acids is 1. The molecule has 0 fully saturated rings. The zero-order chi connectivity index (χ0) is 28.9. The molecule has 0 N–H and O–H groups in total. The molecule has 11 heteroatoms. The number of unbranched alkanes of at least 4 members (excludes halogenated alkanes) is 4. The van der Waals surface area contributed by atoms with Crippen LogP contribution >= 0.6 is 31.9 Å². The van der Waals surface area contributed by atoms with Gasteiger partial charge in [-0.2, -0.15) is 0 Å². The van der Waals surface area contributed by atoms with Gasteiger partial charge in [0.1, 0.15) is 21.5 Å². The predicted molar refractivity (Wildman–Crippen MR) is 166 cm³/mol. The summed E-state index contributed by atoms with van der Waals surface area (Å²) < 4.78 is 22.3. The average Bonchev–Trinajstić information content (AvgIpc) is 3.50. The van der Waals surface area contributed by atoms with Crippen LogP contribution < -0.4 is 9.47 Å². The first-order chi connectivity index (χ1) is 19.9. The molecule has 0 radical (unpaired) electrons. The summed E-state index contributed by atoms with van der Waals surface area (Å²) in [4.78, 5) is 26.2. The quantitative estimate of drug-likeness (QED) is 0.0772. The second-order valence-electron chi connectivity index (χ2n) is 9.67.